The Morgan fingerprint density at radius 3 is 2.52 bits per heavy atom. The highest BCUT2D eigenvalue weighted by molar-refractivity contribution is 5.85. The van der Waals surface area contributed by atoms with Crippen molar-refractivity contribution in [2.75, 3.05) is 6.54 Å². The minimum atomic E-state index is -0.984. The highest BCUT2D eigenvalue weighted by atomic mass is 16.4. The second-order valence-electron chi connectivity index (χ2n) is 7.92. The zero-order valence-corrected chi connectivity index (χ0v) is 16.7. The van der Waals surface area contributed by atoms with E-state index in [1.54, 1.807) is 19.1 Å². The molecule has 29 heavy (non-hydrogen) atoms. The van der Waals surface area contributed by atoms with Gasteiger partial charge in [-0.05, 0) is 75.5 Å². The zero-order chi connectivity index (χ0) is 21.1. The average molecular weight is 400 g/mol. The van der Waals surface area contributed by atoms with E-state index in [-0.39, 0.29) is 36.3 Å². The predicted molar refractivity (Wildman–Crippen MR) is 105 cm³/mol. The second-order valence-corrected chi connectivity index (χ2v) is 7.92. The van der Waals surface area contributed by atoms with Crippen LogP contribution >= 0.6 is 0 Å². The minimum absolute atomic E-state index is 0.0702. The number of carbonyl (C=O) groups excluding carboxylic acids is 2. The van der Waals surface area contributed by atoms with E-state index in [9.17, 15) is 24.6 Å². The van der Waals surface area contributed by atoms with Crippen LogP contribution in [0.25, 0.3) is 11.0 Å². The summed E-state index contributed by atoms with van der Waals surface area (Å²) >= 11 is 0. The Bertz CT molecular complexity index is 985. The molecule has 1 fully saturated rings. The molecule has 3 rings (SSSR count). The summed E-state index contributed by atoms with van der Waals surface area (Å²) in [5.41, 5.74) is 1.62. The molecule has 7 nitrogen and oxygen atoms in total. The van der Waals surface area contributed by atoms with Crippen molar-refractivity contribution in [3.8, 4) is 5.75 Å². The molecule has 1 aliphatic carbocycles. The summed E-state index contributed by atoms with van der Waals surface area (Å²) in [6.45, 7) is 4.02. The normalized spacial score (nSPS) is 19.2. The maximum absolute atomic E-state index is 12.4. The van der Waals surface area contributed by atoms with Crippen LogP contribution in [0.15, 0.2) is 21.3 Å². The molecule has 0 radical (unpaired) electrons. The fourth-order valence-electron chi connectivity index (χ4n) is 4.05. The van der Waals surface area contributed by atoms with Gasteiger partial charge in [-0.2, -0.15) is 0 Å². The van der Waals surface area contributed by atoms with Gasteiger partial charge in [-0.25, -0.2) is 4.79 Å². The molecule has 0 saturated heterocycles. The Balaban J connectivity index is 1.58. The summed E-state index contributed by atoms with van der Waals surface area (Å²) < 4.78 is 5.40. The lowest BCUT2D eigenvalue weighted by Crippen LogP contribution is -2.36. The number of hydrogen-bond acceptors (Lipinski definition) is 6. The number of nitrogens with one attached hydrogen (secondary N) is 1. The van der Waals surface area contributed by atoms with E-state index >= 15 is 0 Å². The first kappa shape index (κ1) is 20.9. The largest absolute Gasteiger partial charge is 0.550 e. The first-order valence-electron chi connectivity index (χ1n) is 10.00. The molecule has 0 aliphatic heterocycles. The van der Waals surface area contributed by atoms with E-state index < -0.39 is 11.6 Å². The lowest BCUT2D eigenvalue weighted by molar-refractivity contribution is -0.312. The summed E-state index contributed by atoms with van der Waals surface area (Å²) in [6, 6.07) is 3.28. The summed E-state index contributed by atoms with van der Waals surface area (Å²) in [5.74, 6) is -1.16. The van der Waals surface area contributed by atoms with Gasteiger partial charge < -0.3 is 24.7 Å². The van der Waals surface area contributed by atoms with Crippen LogP contribution in [0.5, 0.6) is 5.75 Å². The number of hydrogen-bond donors (Lipinski definition) is 2. The van der Waals surface area contributed by atoms with Crippen LogP contribution in [0, 0.1) is 25.7 Å². The van der Waals surface area contributed by atoms with Crippen LogP contribution in [-0.4, -0.2) is 23.5 Å². The number of phenolic OH excluding ortho intramolecular Hbond substituents is 1. The van der Waals surface area contributed by atoms with Crippen molar-refractivity contribution >= 4 is 22.8 Å². The SMILES string of the molecule is Cc1c(CCC(=O)NCC2CCC(C(=O)[O-])CC2)c(=O)oc2c(C)c(O)ccc12. The molecule has 156 valence electrons. The Labute approximate surface area is 168 Å². The topological polar surface area (TPSA) is 120 Å². The van der Waals surface area contributed by atoms with E-state index in [2.05, 4.69) is 5.32 Å². The Morgan fingerprint density at radius 2 is 1.86 bits per heavy atom. The first-order chi connectivity index (χ1) is 13.8. The molecule has 7 heteroatoms. The van der Waals surface area contributed by atoms with Crippen LogP contribution in [-0.2, 0) is 16.0 Å². The number of amides is 1. The fourth-order valence-corrected chi connectivity index (χ4v) is 4.05. The Kier molecular flexibility index (Phi) is 6.25. The highest BCUT2D eigenvalue weighted by Gasteiger charge is 2.22. The molecule has 1 aromatic heterocycles. The highest BCUT2D eigenvalue weighted by Crippen LogP contribution is 2.29. The minimum Gasteiger partial charge on any atom is -0.550 e. The van der Waals surface area contributed by atoms with Crippen molar-refractivity contribution in [3.05, 3.63) is 39.2 Å². The van der Waals surface area contributed by atoms with Crippen molar-refractivity contribution in [1.82, 2.24) is 5.32 Å². The van der Waals surface area contributed by atoms with Gasteiger partial charge in [-0.1, -0.05) is 0 Å². The molecular formula is C22H26NO6-. The number of aromatic hydroxyl groups is 1. The summed E-state index contributed by atoms with van der Waals surface area (Å²) in [5, 5.41) is 24.3. The molecule has 1 amide bonds. The van der Waals surface area contributed by atoms with Crippen molar-refractivity contribution in [2.24, 2.45) is 11.8 Å². The first-order valence-corrected chi connectivity index (χ1v) is 10.00. The second kappa shape index (κ2) is 8.68. The van der Waals surface area contributed by atoms with Crippen LogP contribution in [0.4, 0.5) is 0 Å². The molecule has 1 heterocycles. The quantitative estimate of drug-likeness (QED) is 0.713. The average Bonchev–Trinajstić information content (AvgIpc) is 2.69. The van der Waals surface area contributed by atoms with Gasteiger partial charge in [-0.15, -0.1) is 0 Å². The molecule has 2 N–H and O–H groups in total. The molecule has 0 spiro atoms. The van der Waals surface area contributed by atoms with Gasteiger partial charge in [0.15, 0.2) is 0 Å². The van der Waals surface area contributed by atoms with Crippen LogP contribution < -0.4 is 16.0 Å². The third kappa shape index (κ3) is 4.60. The van der Waals surface area contributed by atoms with Crippen molar-refractivity contribution in [2.45, 2.75) is 52.4 Å². The standard InChI is InChI=1S/C22H27NO6/c1-12-16-7-9-18(24)13(2)20(16)29-22(28)17(12)8-10-19(25)23-11-14-3-5-15(6-4-14)21(26)27/h7,9,14-15,24H,3-6,8,10-11H2,1-2H3,(H,23,25)(H,26,27)/p-1. The smallest absolute Gasteiger partial charge is 0.339 e. The summed E-state index contributed by atoms with van der Waals surface area (Å²) in [4.78, 5) is 35.5. The number of carboxylic acid groups (broad SMARTS) is 1. The maximum Gasteiger partial charge on any atom is 0.339 e. The molecule has 1 saturated carbocycles. The molecule has 1 aliphatic rings. The van der Waals surface area contributed by atoms with Gasteiger partial charge in [0.2, 0.25) is 5.91 Å². The van der Waals surface area contributed by atoms with Crippen molar-refractivity contribution in [3.63, 3.8) is 0 Å². The number of carboxylic acids is 1. The van der Waals surface area contributed by atoms with Gasteiger partial charge in [0, 0.05) is 35.4 Å². The van der Waals surface area contributed by atoms with Gasteiger partial charge in [-0.3, -0.25) is 4.79 Å². The Morgan fingerprint density at radius 1 is 1.17 bits per heavy atom. The molecule has 0 atom stereocenters. The van der Waals surface area contributed by atoms with E-state index in [4.69, 9.17) is 4.42 Å². The molecular weight excluding hydrogens is 374 g/mol. The van der Waals surface area contributed by atoms with Gasteiger partial charge in [0.25, 0.3) is 0 Å². The van der Waals surface area contributed by atoms with Crippen molar-refractivity contribution in [1.29, 1.82) is 0 Å². The number of rotatable bonds is 6. The molecule has 1 aromatic carbocycles. The third-order valence-corrected chi connectivity index (χ3v) is 6.05. The molecule has 0 unspecified atom stereocenters. The number of aryl methyl sites for hydroxylation is 2. The number of phenols is 1. The summed E-state index contributed by atoms with van der Waals surface area (Å²) in [7, 11) is 0. The van der Waals surface area contributed by atoms with Gasteiger partial charge >= 0.3 is 5.63 Å². The number of carbonyl (C=O) groups is 2. The molecule has 2 aromatic rings. The monoisotopic (exact) mass is 400 g/mol. The van der Waals surface area contributed by atoms with E-state index in [0.717, 1.165) is 23.8 Å². The van der Waals surface area contributed by atoms with Crippen LogP contribution in [0.3, 0.4) is 0 Å². The van der Waals surface area contributed by atoms with Crippen molar-refractivity contribution < 1.29 is 24.2 Å². The van der Waals surface area contributed by atoms with Gasteiger partial charge in [0.05, 0.1) is 0 Å². The lowest BCUT2D eigenvalue weighted by atomic mass is 9.82. The van der Waals surface area contributed by atoms with E-state index in [1.165, 1.54) is 0 Å². The Hall–Kier alpha value is -2.83. The van der Waals surface area contributed by atoms with E-state index in [1.807, 2.05) is 6.92 Å². The van der Waals surface area contributed by atoms with Gasteiger partial charge in [0.1, 0.15) is 11.3 Å². The maximum atomic E-state index is 12.4. The number of aliphatic carboxylic acids is 1. The predicted octanol–water partition coefficient (Wildman–Crippen LogP) is 1.72. The number of fused-ring (bicyclic) bond motifs is 1. The fraction of sp³-hybridized carbons (Fsp3) is 0.500. The lowest BCUT2D eigenvalue weighted by Gasteiger charge is -2.29. The van der Waals surface area contributed by atoms with Crippen LogP contribution in [0.2, 0.25) is 0 Å². The zero-order valence-electron chi connectivity index (χ0n) is 16.7. The van der Waals surface area contributed by atoms with Crippen LogP contribution in [0.1, 0.15) is 48.8 Å². The summed E-state index contributed by atoms with van der Waals surface area (Å²) in [6.07, 6.45) is 3.15. The number of benzene rings is 1. The third-order valence-electron chi connectivity index (χ3n) is 6.05. The van der Waals surface area contributed by atoms with E-state index in [0.29, 0.717) is 36.1 Å². The molecule has 0 bridgehead atoms.